The highest BCUT2D eigenvalue weighted by Gasteiger charge is 2.24. The van der Waals surface area contributed by atoms with Crippen molar-refractivity contribution in [1.29, 1.82) is 0 Å². The molecule has 4 rings (SSSR count). The van der Waals surface area contributed by atoms with Gasteiger partial charge < -0.3 is 9.64 Å². The topological polar surface area (TPSA) is 79.6 Å². The van der Waals surface area contributed by atoms with Crippen LogP contribution in [0.5, 0.6) is 0 Å². The van der Waals surface area contributed by atoms with Gasteiger partial charge in [-0.3, -0.25) is 9.80 Å². The number of aromatic nitrogens is 4. The third-order valence-electron chi connectivity index (χ3n) is 6.72. The number of thiol groups is 1. The Bertz CT molecular complexity index is 1130. The number of hydrogen-bond donors (Lipinski definition) is 1. The predicted octanol–water partition coefficient (Wildman–Crippen LogP) is 3.91. The van der Waals surface area contributed by atoms with E-state index in [0.717, 1.165) is 51.0 Å². The second-order valence-corrected chi connectivity index (χ2v) is 9.89. The van der Waals surface area contributed by atoms with Gasteiger partial charge in [-0.25, -0.2) is 19.4 Å². The van der Waals surface area contributed by atoms with Gasteiger partial charge in [-0.2, -0.15) is 5.10 Å². The van der Waals surface area contributed by atoms with Crippen LogP contribution in [-0.4, -0.2) is 88.6 Å². The van der Waals surface area contributed by atoms with Crippen molar-refractivity contribution in [2.45, 2.75) is 44.3 Å². The van der Waals surface area contributed by atoms with Crippen molar-refractivity contribution in [3.8, 4) is 0 Å². The average molecular weight is 512 g/mol. The van der Waals surface area contributed by atoms with Crippen LogP contribution in [0.25, 0.3) is 11.0 Å². The van der Waals surface area contributed by atoms with Crippen molar-refractivity contribution in [2.24, 2.45) is 0 Å². The van der Waals surface area contributed by atoms with Crippen LogP contribution in [0, 0.1) is 0 Å². The normalized spacial score (nSPS) is 15.8. The quantitative estimate of drug-likeness (QED) is 0.327. The molecular formula is C26H37N7O2S. The lowest BCUT2D eigenvalue weighted by Crippen LogP contribution is -2.46. The number of ether oxygens (including phenoxy) is 1. The molecule has 1 aliphatic heterocycles. The van der Waals surface area contributed by atoms with Gasteiger partial charge in [0.15, 0.2) is 16.6 Å². The first-order chi connectivity index (χ1) is 17.5. The first-order valence-corrected chi connectivity index (χ1v) is 13.2. The lowest BCUT2D eigenvalue weighted by Gasteiger charge is -2.32. The van der Waals surface area contributed by atoms with E-state index in [0.29, 0.717) is 36.3 Å². The summed E-state index contributed by atoms with van der Waals surface area (Å²) in [6, 6.07) is 10.3. The molecule has 9 nitrogen and oxygen atoms in total. The zero-order valence-corrected chi connectivity index (χ0v) is 22.4. The number of likely N-dealkylation sites (N-methyl/N-ethyl adjacent to an activating group) is 1. The predicted molar refractivity (Wildman–Crippen MR) is 145 cm³/mol. The van der Waals surface area contributed by atoms with Crippen molar-refractivity contribution >= 4 is 35.6 Å². The lowest BCUT2D eigenvalue weighted by atomic mass is 10.0. The third-order valence-corrected chi connectivity index (χ3v) is 6.92. The fourth-order valence-corrected chi connectivity index (χ4v) is 4.62. The Morgan fingerprint density at radius 2 is 1.92 bits per heavy atom. The second-order valence-electron chi connectivity index (χ2n) is 9.49. The summed E-state index contributed by atoms with van der Waals surface area (Å²) in [6.45, 7) is 10.6. The van der Waals surface area contributed by atoms with Crippen molar-refractivity contribution < 1.29 is 9.53 Å². The third kappa shape index (κ3) is 6.54. The molecule has 3 aromatic rings. The highest BCUT2D eigenvalue weighted by molar-refractivity contribution is 7.80. The molecule has 1 aliphatic rings. The van der Waals surface area contributed by atoms with Crippen LogP contribution in [0.1, 0.15) is 38.2 Å². The molecule has 1 fully saturated rings. The molecule has 2 aromatic heterocycles. The van der Waals surface area contributed by atoms with E-state index in [1.807, 2.05) is 22.9 Å². The molecule has 36 heavy (non-hydrogen) atoms. The van der Waals surface area contributed by atoms with Gasteiger partial charge in [-0.15, -0.1) is 12.6 Å². The first kappa shape index (κ1) is 26.4. The van der Waals surface area contributed by atoms with Gasteiger partial charge in [0, 0.05) is 51.7 Å². The fourth-order valence-electron chi connectivity index (χ4n) is 4.43. The molecule has 0 radical (unpaired) electrons. The Morgan fingerprint density at radius 1 is 1.17 bits per heavy atom. The molecule has 0 saturated carbocycles. The molecule has 1 aromatic carbocycles. The smallest absolute Gasteiger partial charge is 0.415 e. The van der Waals surface area contributed by atoms with Crippen molar-refractivity contribution in [3.63, 3.8) is 0 Å². The average Bonchev–Trinajstić information content (AvgIpc) is 3.28. The van der Waals surface area contributed by atoms with Gasteiger partial charge >= 0.3 is 6.09 Å². The van der Waals surface area contributed by atoms with Crippen molar-refractivity contribution in [3.05, 3.63) is 42.1 Å². The van der Waals surface area contributed by atoms with Gasteiger partial charge in [-0.1, -0.05) is 50.6 Å². The molecule has 0 bridgehead atoms. The van der Waals surface area contributed by atoms with E-state index >= 15 is 0 Å². The van der Waals surface area contributed by atoms with Crippen molar-refractivity contribution in [2.75, 3.05) is 57.8 Å². The number of nitrogens with zero attached hydrogens (tertiary/aromatic N) is 7. The Labute approximate surface area is 218 Å². The van der Waals surface area contributed by atoms with Crippen LogP contribution in [-0.2, 0) is 11.3 Å². The highest BCUT2D eigenvalue weighted by Crippen LogP contribution is 2.27. The maximum atomic E-state index is 13.2. The van der Waals surface area contributed by atoms with Gasteiger partial charge in [0.05, 0.1) is 11.6 Å². The number of amides is 1. The van der Waals surface area contributed by atoms with Gasteiger partial charge in [0.25, 0.3) is 0 Å². The van der Waals surface area contributed by atoms with Crippen LogP contribution in [0.15, 0.2) is 41.7 Å². The van der Waals surface area contributed by atoms with E-state index in [2.05, 4.69) is 70.5 Å². The summed E-state index contributed by atoms with van der Waals surface area (Å²) >= 11 is 4.46. The number of carbonyl (C=O) groups excluding carboxylic acids is 1. The number of anilines is 1. The second kappa shape index (κ2) is 12.5. The molecule has 1 unspecified atom stereocenters. The fraction of sp³-hybridized carbons (Fsp3) is 0.538. The molecular weight excluding hydrogens is 474 g/mol. The Balaban J connectivity index is 1.51. The monoisotopic (exact) mass is 511 g/mol. The number of piperazine rings is 1. The molecule has 0 N–H and O–H groups in total. The number of hydrogen-bond acceptors (Lipinski definition) is 8. The molecule has 1 amide bonds. The minimum Gasteiger partial charge on any atom is -0.448 e. The summed E-state index contributed by atoms with van der Waals surface area (Å²) in [5, 5.41) is 5.63. The van der Waals surface area contributed by atoms with Crippen LogP contribution >= 0.6 is 12.6 Å². The zero-order valence-electron chi connectivity index (χ0n) is 21.5. The summed E-state index contributed by atoms with van der Waals surface area (Å²) in [7, 11) is 2.13. The molecule has 0 spiro atoms. The minimum atomic E-state index is -0.393. The van der Waals surface area contributed by atoms with Crippen LogP contribution in [0.4, 0.5) is 10.6 Å². The van der Waals surface area contributed by atoms with E-state index < -0.39 is 6.09 Å². The Kier molecular flexibility index (Phi) is 9.17. The van der Waals surface area contributed by atoms with E-state index in [1.165, 1.54) is 5.56 Å². The summed E-state index contributed by atoms with van der Waals surface area (Å²) < 4.78 is 7.59. The van der Waals surface area contributed by atoms with Crippen LogP contribution in [0.3, 0.4) is 0 Å². The molecule has 10 heteroatoms. The number of unbranched alkanes of at least 4 members (excludes halogenated alkanes) is 1. The zero-order chi connectivity index (χ0) is 25.5. The van der Waals surface area contributed by atoms with E-state index in [4.69, 9.17) is 4.74 Å². The minimum absolute atomic E-state index is 0.242. The SMILES string of the molecule is CCCCN(C(=O)OCCN1CCN(C)CC1)c1nc(S)nc2c1cnn2CC(C)c1ccccc1. The molecule has 194 valence electrons. The van der Waals surface area contributed by atoms with Crippen molar-refractivity contribution in [1.82, 2.24) is 29.5 Å². The van der Waals surface area contributed by atoms with Gasteiger partial charge in [0.2, 0.25) is 0 Å². The number of benzene rings is 1. The molecule has 1 saturated heterocycles. The number of carbonyl (C=O) groups is 1. The standard InChI is InChI=1S/C26H37N7O2S/c1-4-5-11-32(26(34)35-17-16-31-14-12-30(3)13-15-31)23-22-18-27-33(24(22)29-25(36)28-23)19-20(2)21-9-7-6-8-10-21/h6-10,18,20H,4-5,11-17,19H2,1-3H3,(H,28,29,36). The highest BCUT2D eigenvalue weighted by atomic mass is 32.1. The Hall–Kier alpha value is -2.69. The molecule has 1 atom stereocenters. The molecule has 0 aliphatic carbocycles. The Morgan fingerprint density at radius 3 is 2.64 bits per heavy atom. The van der Waals surface area contributed by atoms with E-state index in [1.54, 1.807) is 11.1 Å². The number of rotatable bonds is 10. The van der Waals surface area contributed by atoms with Gasteiger partial charge in [0.1, 0.15) is 6.61 Å². The maximum absolute atomic E-state index is 13.2. The summed E-state index contributed by atoms with van der Waals surface area (Å²) in [6.07, 6.45) is 3.13. The van der Waals surface area contributed by atoms with Crippen LogP contribution < -0.4 is 4.90 Å². The summed E-state index contributed by atoms with van der Waals surface area (Å²) in [5.74, 6) is 0.744. The maximum Gasteiger partial charge on any atom is 0.415 e. The summed E-state index contributed by atoms with van der Waals surface area (Å²) in [4.78, 5) is 28.6. The largest absolute Gasteiger partial charge is 0.448 e. The molecule has 3 heterocycles. The lowest BCUT2D eigenvalue weighted by molar-refractivity contribution is 0.107. The van der Waals surface area contributed by atoms with E-state index in [9.17, 15) is 4.79 Å². The van der Waals surface area contributed by atoms with E-state index in [-0.39, 0.29) is 5.92 Å². The van der Waals surface area contributed by atoms with Crippen LogP contribution in [0.2, 0.25) is 0 Å². The van der Waals surface area contributed by atoms with Gasteiger partial charge in [-0.05, 0) is 19.0 Å². The summed E-state index contributed by atoms with van der Waals surface area (Å²) in [5.41, 5.74) is 1.90. The number of fused-ring (bicyclic) bond motifs is 1. The first-order valence-electron chi connectivity index (χ1n) is 12.8.